The second-order valence-electron chi connectivity index (χ2n) is 11.6. The summed E-state index contributed by atoms with van der Waals surface area (Å²) in [7, 11) is 0. The number of fused-ring (bicyclic) bond motifs is 3. The number of benzene rings is 5. The van der Waals surface area contributed by atoms with E-state index in [4.69, 9.17) is 0 Å². The van der Waals surface area contributed by atoms with E-state index in [-0.39, 0.29) is 0 Å². The zero-order chi connectivity index (χ0) is 29.3. The van der Waals surface area contributed by atoms with Gasteiger partial charge in [0.15, 0.2) is 0 Å². The van der Waals surface area contributed by atoms with Gasteiger partial charge in [-0.15, -0.1) is 0 Å². The Labute approximate surface area is 259 Å². The highest BCUT2D eigenvalue weighted by molar-refractivity contribution is 5.93. The van der Waals surface area contributed by atoms with E-state index in [2.05, 4.69) is 167 Å². The number of hydrogen-bond acceptors (Lipinski definition) is 1. The van der Waals surface area contributed by atoms with Crippen molar-refractivity contribution in [3.05, 3.63) is 169 Å². The molecular weight excluding hydrogens is 532 g/mol. The van der Waals surface area contributed by atoms with Gasteiger partial charge in [0, 0.05) is 39.4 Å². The molecular formula is C42H34N2. The molecule has 212 valence electrons. The molecule has 0 bridgehead atoms. The van der Waals surface area contributed by atoms with Gasteiger partial charge in [-0.05, 0) is 96.5 Å². The summed E-state index contributed by atoms with van der Waals surface area (Å²) < 4.78 is 2.47. The molecule has 0 atom stereocenters. The van der Waals surface area contributed by atoms with Crippen LogP contribution in [-0.4, -0.2) is 4.57 Å². The fraction of sp³-hybridized carbons (Fsp3) is 0.0952. The first-order valence-corrected chi connectivity index (χ1v) is 15.6. The van der Waals surface area contributed by atoms with Gasteiger partial charge in [-0.2, -0.15) is 0 Å². The smallest absolute Gasteiger partial charge is 0.0537 e. The lowest BCUT2D eigenvalue weighted by atomic mass is 9.97. The highest BCUT2D eigenvalue weighted by Crippen LogP contribution is 2.39. The molecule has 0 amide bonds. The molecule has 44 heavy (non-hydrogen) atoms. The predicted octanol–water partition coefficient (Wildman–Crippen LogP) is 11.5. The first kappa shape index (κ1) is 26.3. The second kappa shape index (κ2) is 11.4. The molecule has 0 fully saturated rings. The van der Waals surface area contributed by atoms with Gasteiger partial charge in [0.2, 0.25) is 0 Å². The number of rotatable bonds is 6. The summed E-state index contributed by atoms with van der Waals surface area (Å²) in [5, 5.41) is 1.32. The largest absolute Gasteiger partial charge is 0.313 e. The van der Waals surface area contributed by atoms with Crippen molar-refractivity contribution in [2.75, 3.05) is 4.90 Å². The molecule has 2 heteroatoms. The maximum atomic E-state index is 2.47. The molecule has 2 aliphatic rings. The van der Waals surface area contributed by atoms with Crippen molar-refractivity contribution in [3.8, 4) is 16.8 Å². The lowest BCUT2D eigenvalue weighted by Gasteiger charge is -2.27. The molecule has 5 aromatic carbocycles. The Balaban J connectivity index is 1.25. The number of anilines is 3. The molecule has 1 heterocycles. The Kier molecular flexibility index (Phi) is 6.81. The van der Waals surface area contributed by atoms with Gasteiger partial charge < -0.3 is 9.47 Å². The van der Waals surface area contributed by atoms with Gasteiger partial charge in [0.05, 0.1) is 5.52 Å². The lowest BCUT2D eigenvalue weighted by molar-refractivity contribution is 0.888. The molecule has 2 aliphatic carbocycles. The quantitative estimate of drug-likeness (QED) is 0.195. The Morgan fingerprint density at radius 1 is 0.545 bits per heavy atom. The number of nitrogens with zero attached hydrogens (tertiary/aromatic N) is 2. The van der Waals surface area contributed by atoms with Crippen LogP contribution in [0.4, 0.5) is 17.1 Å². The molecule has 6 aromatic rings. The van der Waals surface area contributed by atoms with Crippen LogP contribution in [0.1, 0.15) is 36.1 Å². The van der Waals surface area contributed by atoms with Crippen molar-refractivity contribution in [1.29, 1.82) is 0 Å². The van der Waals surface area contributed by atoms with Crippen molar-refractivity contribution in [2.24, 2.45) is 0 Å². The van der Waals surface area contributed by atoms with Crippen molar-refractivity contribution >= 4 is 39.6 Å². The maximum absolute atomic E-state index is 2.47. The van der Waals surface area contributed by atoms with Gasteiger partial charge in [-0.1, -0.05) is 109 Å². The fourth-order valence-corrected chi connectivity index (χ4v) is 6.79. The Morgan fingerprint density at radius 2 is 1.25 bits per heavy atom. The number of hydrogen-bond donors (Lipinski definition) is 0. The minimum absolute atomic E-state index is 1.04. The van der Waals surface area contributed by atoms with Gasteiger partial charge in [0.1, 0.15) is 0 Å². The van der Waals surface area contributed by atoms with Gasteiger partial charge in [0.25, 0.3) is 0 Å². The van der Waals surface area contributed by atoms with Gasteiger partial charge in [-0.3, -0.25) is 0 Å². The summed E-state index contributed by atoms with van der Waals surface area (Å²) >= 11 is 0. The molecule has 0 radical (unpaired) electrons. The van der Waals surface area contributed by atoms with E-state index < -0.39 is 0 Å². The summed E-state index contributed by atoms with van der Waals surface area (Å²) in [6, 6.07) is 46.5. The molecule has 0 spiro atoms. The summed E-state index contributed by atoms with van der Waals surface area (Å²) in [6.45, 7) is 0. The van der Waals surface area contributed by atoms with Crippen molar-refractivity contribution in [2.45, 2.75) is 25.7 Å². The van der Waals surface area contributed by atoms with Crippen LogP contribution in [0.5, 0.6) is 0 Å². The number of aromatic nitrogens is 1. The molecule has 2 nitrogen and oxygen atoms in total. The highest BCUT2D eigenvalue weighted by atomic mass is 15.1. The molecule has 0 saturated carbocycles. The number of para-hydroxylation sites is 1. The third kappa shape index (κ3) is 4.79. The summed E-state index contributed by atoms with van der Waals surface area (Å²) in [6.07, 6.45) is 15.6. The van der Waals surface area contributed by atoms with Crippen LogP contribution < -0.4 is 4.90 Å². The maximum Gasteiger partial charge on any atom is 0.0537 e. The predicted molar refractivity (Wildman–Crippen MR) is 187 cm³/mol. The van der Waals surface area contributed by atoms with Crippen molar-refractivity contribution < 1.29 is 0 Å². The SMILES string of the molecule is C1=CCCC(c2ccc(N(c3ccc(-c4ccccc4)cc3)c3cccc(-n4c5c(c6ccccc64)C=CCC5)c3)cc2)=C1. The third-order valence-corrected chi connectivity index (χ3v) is 8.94. The highest BCUT2D eigenvalue weighted by Gasteiger charge is 2.20. The average molecular weight is 567 g/mol. The van der Waals surface area contributed by atoms with E-state index in [1.54, 1.807) is 0 Å². The van der Waals surface area contributed by atoms with Crippen LogP contribution in [0, 0.1) is 0 Å². The monoisotopic (exact) mass is 566 g/mol. The molecule has 1 aromatic heterocycles. The van der Waals surface area contributed by atoms with Gasteiger partial charge in [-0.25, -0.2) is 0 Å². The molecule has 0 aliphatic heterocycles. The molecule has 0 unspecified atom stereocenters. The zero-order valence-corrected chi connectivity index (χ0v) is 24.7. The molecule has 0 saturated heterocycles. The van der Waals surface area contributed by atoms with Crippen LogP contribution >= 0.6 is 0 Å². The average Bonchev–Trinajstić information content (AvgIpc) is 3.44. The fourth-order valence-electron chi connectivity index (χ4n) is 6.79. The van der Waals surface area contributed by atoms with E-state index in [9.17, 15) is 0 Å². The first-order chi connectivity index (χ1) is 21.8. The number of allylic oxidation sites excluding steroid dienone is 5. The second-order valence-corrected chi connectivity index (χ2v) is 11.6. The van der Waals surface area contributed by atoms with E-state index >= 15 is 0 Å². The van der Waals surface area contributed by atoms with Crippen LogP contribution in [-0.2, 0) is 6.42 Å². The Bertz CT molecular complexity index is 2040. The normalized spacial score (nSPS) is 14.0. The van der Waals surface area contributed by atoms with E-state index in [0.29, 0.717) is 0 Å². The van der Waals surface area contributed by atoms with Crippen molar-refractivity contribution in [3.63, 3.8) is 0 Å². The van der Waals surface area contributed by atoms with E-state index in [1.807, 2.05) is 0 Å². The van der Waals surface area contributed by atoms with Crippen LogP contribution in [0.15, 0.2) is 152 Å². The van der Waals surface area contributed by atoms with E-state index in [1.165, 1.54) is 50.1 Å². The summed E-state index contributed by atoms with van der Waals surface area (Å²) in [4.78, 5) is 2.38. The zero-order valence-electron chi connectivity index (χ0n) is 24.7. The van der Waals surface area contributed by atoms with Gasteiger partial charge >= 0.3 is 0 Å². The van der Waals surface area contributed by atoms with Crippen LogP contribution in [0.2, 0.25) is 0 Å². The van der Waals surface area contributed by atoms with Crippen LogP contribution in [0.3, 0.4) is 0 Å². The Morgan fingerprint density at radius 3 is 2.02 bits per heavy atom. The topological polar surface area (TPSA) is 8.17 Å². The van der Waals surface area contributed by atoms with Crippen molar-refractivity contribution in [1.82, 2.24) is 4.57 Å². The van der Waals surface area contributed by atoms with E-state index in [0.717, 1.165) is 42.7 Å². The summed E-state index contributed by atoms with van der Waals surface area (Å²) in [5.74, 6) is 0. The third-order valence-electron chi connectivity index (χ3n) is 8.94. The molecule has 0 N–H and O–H groups in total. The minimum Gasteiger partial charge on any atom is -0.313 e. The van der Waals surface area contributed by atoms with Crippen LogP contribution in [0.25, 0.3) is 39.4 Å². The standard InChI is InChI=1S/C42H34N2/c1-3-12-31(13-4-1)33-22-26-35(27-23-33)43(36-28-24-34(25-29-36)32-14-5-2-6-15-32)37-16-11-17-38(30-37)44-41-20-9-7-18-39(41)40-19-8-10-21-42(40)44/h1-5,7-9,11-14,16-20,22-30H,6,10,15,21H2. The lowest BCUT2D eigenvalue weighted by Crippen LogP contribution is -2.11. The Hall–Kier alpha value is -5.34. The minimum atomic E-state index is 1.04. The first-order valence-electron chi connectivity index (χ1n) is 15.6. The summed E-state index contributed by atoms with van der Waals surface area (Å²) in [5.41, 5.74) is 13.8. The molecule has 8 rings (SSSR count).